The number of piperazine rings is 1. The standard InChI is InChI=1S/C17H21N3O2S/c1-13-14(2)23-16(18-13)12-19-8-10-20(11-9-19)17(21)22-15-6-4-3-5-7-15/h3-7H,8-12H2,1-2H3. The smallest absolute Gasteiger partial charge is 0.410 e. The average molecular weight is 331 g/mol. The van der Waals surface area contributed by atoms with Crippen molar-refractivity contribution in [1.29, 1.82) is 0 Å². The van der Waals surface area contributed by atoms with Crippen molar-refractivity contribution >= 4 is 17.4 Å². The van der Waals surface area contributed by atoms with Crippen molar-refractivity contribution in [2.45, 2.75) is 20.4 Å². The lowest BCUT2D eigenvalue weighted by molar-refractivity contribution is 0.108. The molecule has 0 aliphatic carbocycles. The molecule has 3 rings (SSSR count). The molecule has 0 saturated carbocycles. The molecule has 1 aromatic heterocycles. The van der Waals surface area contributed by atoms with Crippen LogP contribution in [0.3, 0.4) is 0 Å². The number of carbonyl (C=O) groups excluding carboxylic acids is 1. The normalized spacial score (nSPS) is 15.7. The zero-order chi connectivity index (χ0) is 16.2. The van der Waals surface area contributed by atoms with Crippen LogP contribution in [0.4, 0.5) is 4.79 Å². The molecule has 1 saturated heterocycles. The Kier molecular flexibility index (Phi) is 4.93. The quantitative estimate of drug-likeness (QED) is 0.867. The van der Waals surface area contributed by atoms with E-state index in [0.717, 1.165) is 30.3 Å². The third kappa shape index (κ3) is 4.09. The van der Waals surface area contributed by atoms with Crippen LogP contribution in [0.1, 0.15) is 15.6 Å². The van der Waals surface area contributed by atoms with Gasteiger partial charge in [-0.15, -0.1) is 11.3 Å². The maximum Gasteiger partial charge on any atom is 0.415 e. The number of benzene rings is 1. The molecule has 5 nitrogen and oxygen atoms in total. The van der Waals surface area contributed by atoms with Crippen molar-refractivity contribution in [3.63, 3.8) is 0 Å². The van der Waals surface area contributed by atoms with Crippen LogP contribution in [0.15, 0.2) is 30.3 Å². The molecule has 2 aromatic rings. The molecule has 1 aliphatic rings. The summed E-state index contributed by atoms with van der Waals surface area (Å²) in [4.78, 5) is 22.1. The van der Waals surface area contributed by atoms with Crippen molar-refractivity contribution in [3.05, 3.63) is 45.9 Å². The number of aryl methyl sites for hydroxylation is 2. The first-order valence-corrected chi connectivity index (χ1v) is 8.60. The number of nitrogens with zero attached hydrogens (tertiary/aromatic N) is 3. The van der Waals surface area contributed by atoms with Gasteiger partial charge in [0.2, 0.25) is 0 Å². The molecule has 0 spiro atoms. The highest BCUT2D eigenvalue weighted by Crippen LogP contribution is 2.19. The van der Waals surface area contributed by atoms with Crippen LogP contribution in [0.25, 0.3) is 0 Å². The molecule has 0 atom stereocenters. The summed E-state index contributed by atoms with van der Waals surface area (Å²) < 4.78 is 5.38. The van der Waals surface area contributed by atoms with Gasteiger partial charge in [-0.3, -0.25) is 4.90 Å². The summed E-state index contributed by atoms with van der Waals surface area (Å²) in [6.45, 7) is 8.09. The van der Waals surface area contributed by atoms with Gasteiger partial charge in [-0.05, 0) is 26.0 Å². The molecular formula is C17H21N3O2S. The Morgan fingerprint density at radius 3 is 2.48 bits per heavy atom. The maximum atomic E-state index is 12.2. The van der Waals surface area contributed by atoms with Crippen LogP contribution in [0.2, 0.25) is 0 Å². The molecule has 23 heavy (non-hydrogen) atoms. The number of carbonyl (C=O) groups is 1. The predicted molar refractivity (Wildman–Crippen MR) is 90.9 cm³/mol. The number of thiazole rings is 1. The number of rotatable bonds is 3. The molecule has 0 N–H and O–H groups in total. The number of hydrogen-bond donors (Lipinski definition) is 0. The van der Waals surface area contributed by atoms with Gasteiger partial charge < -0.3 is 9.64 Å². The van der Waals surface area contributed by atoms with Crippen molar-refractivity contribution < 1.29 is 9.53 Å². The third-order valence-electron chi connectivity index (χ3n) is 4.01. The van der Waals surface area contributed by atoms with E-state index in [2.05, 4.69) is 16.8 Å². The summed E-state index contributed by atoms with van der Waals surface area (Å²) in [5.74, 6) is 0.591. The number of amides is 1. The van der Waals surface area contributed by atoms with Gasteiger partial charge in [0, 0.05) is 31.1 Å². The Bertz CT molecular complexity index is 644. The summed E-state index contributed by atoms with van der Waals surface area (Å²) >= 11 is 1.76. The fourth-order valence-electron chi connectivity index (χ4n) is 2.54. The fraction of sp³-hybridized carbons (Fsp3) is 0.412. The van der Waals surface area contributed by atoms with Gasteiger partial charge in [-0.2, -0.15) is 0 Å². The van der Waals surface area contributed by atoms with Gasteiger partial charge in [-0.1, -0.05) is 18.2 Å². The first-order valence-electron chi connectivity index (χ1n) is 7.79. The minimum absolute atomic E-state index is 0.267. The lowest BCUT2D eigenvalue weighted by Gasteiger charge is -2.33. The van der Waals surface area contributed by atoms with E-state index in [1.54, 1.807) is 28.4 Å². The second kappa shape index (κ2) is 7.10. The van der Waals surface area contributed by atoms with E-state index in [-0.39, 0.29) is 6.09 Å². The monoisotopic (exact) mass is 331 g/mol. The van der Waals surface area contributed by atoms with Gasteiger partial charge in [0.1, 0.15) is 10.8 Å². The molecule has 1 amide bonds. The zero-order valence-corrected chi connectivity index (χ0v) is 14.3. The molecule has 0 unspecified atom stereocenters. The van der Waals surface area contributed by atoms with E-state index < -0.39 is 0 Å². The second-order valence-corrected chi connectivity index (χ2v) is 6.98. The summed E-state index contributed by atoms with van der Waals surface area (Å²) in [7, 11) is 0. The molecule has 122 valence electrons. The Balaban J connectivity index is 1.49. The topological polar surface area (TPSA) is 45.7 Å². The van der Waals surface area contributed by atoms with Crippen molar-refractivity contribution in [2.24, 2.45) is 0 Å². The molecule has 1 aliphatic heterocycles. The SMILES string of the molecule is Cc1nc(CN2CCN(C(=O)Oc3ccccc3)CC2)sc1C. The summed E-state index contributed by atoms with van der Waals surface area (Å²) in [6, 6.07) is 9.21. The van der Waals surface area contributed by atoms with E-state index in [4.69, 9.17) is 4.74 Å². The molecule has 1 fully saturated rings. The highest BCUT2D eigenvalue weighted by Gasteiger charge is 2.23. The van der Waals surface area contributed by atoms with Gasteiger partial charge in [-0.25, -0.2) is 9.78 Å². The minimum Gasteiger partial charge on any atom is -0.410 e. The Labute approximate surface area is 140 Å². The molecular weight excluding hydrogens is 310 g/mol. The van der Waals surface area contributed by atoms with Gasteiger partial charge in [0.25, 0.3) is 0 Å². The predicted octanol–water partition coefficient (Wildman–Crippen LogP) is 3.08. The number of hydrogen-bond acceptors (Lipinski definition) is 5. The first-order chi connectivity index (χ1) is 11.1. The van der Waals surface area contributed by atoms with Crippen molar-refractivity contribution in [2.75, 3.05) is 26.2 Å². The molecule has 0 bridgehead atoms. The molecule has 2 heterocycles. The van der Waals surface area contributed by atoms with Crippen LogP contribution < -0.4 is 4.74 Å². The Hall–Kier alpha value is -1.92. The highest BCUT2D eigenvalue weighted by molar-refractivity contribution is 7.11. The third-order valence-corrected chi connectivity index (χ3v) is 5.07. The average Bonchev–Trinajstić information content (AvgIpc) is 2.87. The molecule has 1 aromatic carbocycles. The summed E-state index contributed by atoms with van der Waals surface area (Å²) in [5.41, 5.74) is 1.12. The lowest BCUT2D eigenvalue weighted by atomic mass is 10.3. The van der Waals surface area contributed by atoms with Crippen LogP contribution in [-0.2, 0) is 6.54 Å². The molecule has 6 heteroatoms. The number of para-hydroxylation sites is 1. The van der Waals surface area contributed by atoms with Crippen LogP contribution in [0.5, 0.6) is 5.75 Å². The summed E-state index contributed by atoms with van der Waals surface area (Å²) in [6.07, 6.45) is -0.267. The van der Waals surface area contributed by atoms with E-state index in [0.29, 0.717) is 18.8 Å². The van der Waals surface area contributed by atoms with Crippen LogP contribution >= 0.6 is 11.3 Å². The fourth-order valence-corrected chi connectivity index (χ4v) is 3.52. The van der Waals surface area contributed by atoms with Crippen molar-refractivity contribution in [3.8, 4) is 5.75 Å². The van der Waals surface area contributed by atoms with Gasteiger partial charge in [0.15, 0.2) is 0 Å². The van der Waals surface area contributed by atoms with E-state index in [1.165, 1.54) is 4.88 Å². The van der Waals surface area contributed by atoms with Crippen LogP contribution in [0, 0.1) is 13.8 Å². The highest BCUT2D eigenvalue weighted by atomic mass is 32.1. The van der Waals surface area contributed by atoms with Crippen molar-refractivity contribution in [1.82, 2.24) is 14.8 Å². The number of aromatic nitrogens is 1. The van der Waals surface area contributed by atoms with E-state index >= 15 is 0 Å². The van der Waals surface area contributed by atoms with E-state index in [9.17, 15) is 4.79 Å². The Morgan fingerprint density at radius 2 is 1.87 bits per heavy atom. The second-order valence-electron chi connectivity index (χ2n) is 5.69. The number of ether oxygens (including phenoxy) is 1. The molecule has 0 radical (unpaired) electrons. The maximum absolute atomic E-state index is 12.2. The first kappa shape index (κ1) is 16.0. The minimum atomic E-state index is -0.267. The van der Waals surface area contributed by atoms with Crippen LogP contribution in [-0.4, -0.2) is 47.1 Å². The van der Waals surface area contributed by atoms with Gasteiger partial charge >= 0.3 is 6.09 Å². The van der Waals surface area contributed by atoms with E-state index in [1.807, 2.05) is 25.1 Å². The summed E-state index contributed by atoms with van der Waals surface area (Å²) in [5, 5.41) is 1.15. The lowest BCUT2D eigenvalue weighted by Crippen LogP contribution is -2.49. The largest absolute Gasteiger partial charge is 0.415 e. The zero-order valence-electron chi connectivity index (χ0n) is 13.5. The van der Waals surface area contributed by atoms with Gasteiger partial charge in [0.05, 0.1) is 12.2 Å². The Morgan fingerprint density at radius 1 is 1.17 bits per heavy atom.